The lowest BCUT2D eigenvalue weighted by atomic mass is 9.89. The molecule has 5 heteroatoms. The SMILES string of the molecule is CCCNC1CC(C)(C)Oc2c(F)c(F)cc(Br)c21. The second-order valence-electron chi connectivity index (χ2n) is 5.47. The highest BCUT2D eigenvalue weighted by atomic mass is 79.9. The number of fused-ring (bicyclic) bond motifs is 1. The van der Waals surface area contributed by atoms with Crippen molar-refractivity contribution in [1.82, 2.24) is 5.32 Å². The summed E-state index contributed by atoms with van der Waals surface area (Å²) in [7, 11) is 0. The lowest BCUT2D eigenvalue weighted by Gasteiger charge is -2.38. The van der Waals surface area contributed by atoms with Crippen LogP contribution in [-0.4, -0.2) is 12.1 Å². The number of nitrogens with one attached hydrogen (secondary N) is 1. The minimum absolute atomic E-state index is 0.0247. The standard InChI is InChI=1S/C14H18BrF2NO/c1-4-5-18-10-7-14(2,3)19-13-11(10)8(15)6-9(16)12(13)17/h6,10,18H,4-5,7H2,1-3H3. The van der Waals surface area contributed by atoms with Crippen molar-refractivity contribution in [1.29, 1.82) is 0 Å². The van der Waals surface area contributed by atoms with Crippen LogP contribution in [-0.2, 0) is 0 Å². The molecule has 0 saturated carbocycles. The van der Waals surface area contributed by atoms with Crippen LogP contribution >= 0.6 is 15.9 Å². The van der Waals surface area contributed by atoms with Gasteiger partial charge in [0.25, 0.3) is 0 Å². The number of ether oxygens (including phenoxy) is 1. The summed E-state index contributed by atoms with van der Waals surface area (Å²) in [6.07, 6.45) is 1.69. The van der Waals surface area contributed by atoms with Crippen LogP contribution in [0.2, 0.25) is 0 Å². The van der Waals surface area contributed by atoms with Crippen LogP contribution < -0.4 is 10.1 Å². The van der Waals surface area contributed by atoms with Crippen molar-refractivity contribution in [3.63, 3.8) is 0 Å². The molecule has 2 rings (SSSR count). The summed E-state index contributed by atoms with van der Waals surface area (Å²) >= 11 is 3.31. The average Bonchev–Trinajstić information content (AvgIpc) is 2.31. The predicted molar refractivity (Wildman–Crippen MR) is 74.4 cm³/mol. The Labute approximate surface area is 120 Å². The zero-order valence-electron chi connectivity index (χ0n) is 11.3. The van der Waals surface area contributed by atoms with Gasteiger partial charge in [0.1, 0.15) is 5.60 Å². The number of hydrogen-bond donors (Lipinski definition) is 1. The average molecular weight is 334 g/mol. The number of benzene rings is 1. The maximum atomic E-state index is 14.0. The van der Waals surface area contributed by atoms with E-state index in [-0.39, 0.29) is 11.8 Å². The van der Waals surface area contributed by atoms with E-state index < -0.39 is 17.2 Å². The van der Waals surface area contributed by atoms with Crippen LogP contribution in [0.3, 0.4) is 0 Å². The predicted octanol–water partition coefficient (Wildman–Crippen LogP) is 4.33. The first-order valence-corrected chi connectivity index (χ1v) is 7.25. The van der Waals surface area contributed by atoms with Gasteiger partial charge >= 0.3 is 0 Å². The fraction of sp³-hybridized carbons (Fsp3) is 0.571. The second-order valence-corrected chi connectivity index (χ2v) is 6.32. The van der Waals surface area contributed by atoms with Gasteiger partial charge in [-0.05, 0) is 32.9 Å². The molecule has 0 fully saturated rings. The highest BCUT2D eigenvalue weighted by Crippen LogP contribution is 2.45. The highest BCUT2D eigenvalue weighted by molar-refractivity contribution is 9.10. The summed E-state index contributed by atoms with van der Waals surface area (Å²) < 4.78 is 33.6. The van der Waals surface area contributed by atoms with E-state index in [1.165, 1.54) is 0 Å². The van der Waals surface area contributed by atoms with E-state index in [0.29, 0.717) is 16.5 Å². The van der Waals surface area contributed by atoms with Gasteiger partial charge in [0.15, 0.2) is 11.6 Å². The van der Waals surface area contributed by atoms with Gasteiger partial charge in [-0.15, -0.1) is 0 Å². The van der Waals surface area contributed by atoms with Crippen molar-refractivity contribution >= 4 is 15.9 Å². The summed E-state index contributed by atoms with van der Waals surface area (Å²) in [5.74, 6) is -1.77. The third-order valence-electron chi connectivity index (χ3n) is 3.23. The summed E-state index contributed by atoms with van der Waals surface area (Å²) in [5, 5.41) is 3.37. The van der Waals surface area contributed by atoms with E-state index in [4.69, 9.17) is 4.74 Å². The van der Waals surface area contributed by atoms with Crippen molar-refractivity contribution in [3.05, 3.63) is 27.7 Å². The van der Waals surface area contributed by atoms with E-state index in [2.05, 4.69) is 28.2 Å². The van der Waals surface area contributed by atoms with Gasteiger partial charge in [0.2, 0.25) is 5.82 Å². The Bertz CT molecular complexity index is 491. The van der Waals surface area contributed by atoms with Crippen molar-refractivity contribution < 1.29 is 13.5 Å². The van der Waals surface area contributed by atoms with Gasteiger partial charge in [-0.25, -0.2) is 4.39 Å². The maximum Gasteiger partial charge on any atom is 0.201 e. The first-order chi connectivity index (χ1) is 8.85. The molecule has 0 radical (unpaired) electrons. The molecule has 0 aromatic heterocycles. The maximum absolute atomic E-state index is 14.0. The van der Waals surface area contributed by atoms with Crippen LogP contribution in [0.1, 0.15) is 45.2 Å². The molecule has 2 nitrogen and oxygen atoms in total. The molecule has 1 aromatic rings. The fourth-order valence-corrected chi connectivity index (χ4v) is 3.07. The summed E-state index contributed by atoms with van der Waals surface area (Å²) in [4.78, 5) is 0. The highest BCUT2D eigenvalue weighted by Gasteiger charge is 2.37. The third kappa shape index (κ3) is 2.92. The lowest BCUT2D eigenvalue weighted by molar-refractivity contribution is 0.0594. The van der Waals surface area contributed by atoms with Crippen LogP contribution in [0.25, 0.3) is 0 Å². The number of halogens is 3. The quantitative estimate of drug-likeness (QED) is 0.831. The Morgan fingerprint density at radius 1 is 1.47 bits per heavy atom. The van der Waals surface area contributed by atoms with Crippen LogP contribution in [0.4, 0.5) is 8.78 Å². The molecule has 0 amide bonds. The van der Waals surface area contributed by atoms with E-state index in [1.807, 2.05) is 13.8 Å². The minimum Gasteiger partial charge on any atom is -0.484 e. The molecule has 1 atom stereocenters. The number of hydrogen-bond acceptors (Lipinski definition) is 2. The Morgan fingerprint density at radius 3 is 2.79 bits per heavy atom. The van der Waals surface area contributed by atoms with Crippen molar-refractivity contribution in [3.8, 4) is 5.75 Å². The zero-order valence-corrected chi connectivity index (χ0v) is 12.9. The first kappa shape index (κ1) is 14.7. The monoisotopic (exact) mass is 333 g/mol. The Morgan fingerprint density at radius 2 is 2.16 bits per heavy atom. The van der Waals surface area contributed by atoms with Crippen molar-refractivity contribution in [2.45, 2.75) is 45.3 Å². The molecule has 0 saturated heterocycles. The van der Waals surface area contributed by atoms with E-state index in [0.717, 1.165) is 19.0 Å². The van der Waals surface area contributed by atoms with Gasteiger partial charge in [0.05, 0.1) is 0 Å². The van der Waals surface area contributed by atoms with Gasteiger partial charge < -0.3 is 10.1 Å². The van der Waals surface area contributed by atoms with E-state index >= 15 is 0 Å². The topological polar surface area (TPSA) is 21.3 Å². The second kappa shape index (κ2) is 5.37. The summed E-state index contributed by atoms with van der Waals surface area (Å²) in [6, 6.07) is 1.12. The smallest absolute Gasteiger partial charge is 0.201 e. The summed E-state index contributed by atoms with van der Waals surface area (Å²) in [6.45, 7) is 6.66. The Hall–Kier alpha value is -0.680. The molecule has 0 spiro atoms. The molecule has 0 aliphatic carbocycles. The molecule has 1 heterocycles. The molecule has 1 N–H and O–H groups in total. The normalized spacial score (nSPS) is 20.8. The zero-order chi connectivity index (χ0) is 14.2. The van der Waals surface area contributed by atoms with Gasteiger partial charge in [-0.2, -0.15) is 4.39 Å². The molecule has 1 aliphatic heterocycles. The van der Waals surface area contributed by atoms with Crippen LogP contribution in [0.5, 0.6) is 5.75 Å². The van der Waals surface area contributed by atoms with Crippen molar-refractivity contribution in [2.24, 2.45) is 0 Å². The minimum atomic E-state index is -0.908. The van der Waals surface area contributed by atoms with Gasteiger partial charge in [-0.1, -0.05) is 22.9 Å². The lowest BCUT2D eigenvalue weighted by Crippen LogP contribution is -2.40. The van der Waals surface area contributed by atoms with E-state index in [1.54, 1.807) is 0 Å². The van der Waals surface area contributed by atoms with Crippen LogP contribution in [0, 0.1) is 11.6 Å². The summed E-state index contributed by atoms with van der Waals surface area (Å²) in [5.41, 5.74) is 0.151. The number of rotatable bonds is 3. The third-order valence-corrected chi connectivity index (χ3v) is 3.88. The van der Waals surface area contributed by atoms with Gasteiger partial charge in [-0.3, -0.25) is 0 Å². The Balaban J connectivity index is 2.50. The van der Waals surface area contributed by atoms with Crippen molar-refractivity contribution in [2.75, 3.05) is 6.54 Å². The molecule has 1 aromatic carbocycles. The van der Waals surface area contributed by atoms with Gasteiger partial charge in [0, 0.05) is 22.5 Å². The molecule has 106 valence electrons. The molecular formula is C14H18BrF2NO. The Kier molecular flexibility index (Phi) is 4.16. The fourth-order valence-electron chi connectivity index (χ4n) is 2.42. The molecule has 1 unspecified atom stereocenters. The van der Waals surface area contributed by atoms with Crippen LogP contribution in [0.15, 0.2) is 10.5 Å². The molecule has 0 bridgehead atoms. The van der Waals surface area contributed by atoms with E-state index in [9.17, 15) is 8.78 Å². The molecule has 1 aliphatic rings. The molecular weight excluding hydrogens is 316 g/mol. The largest absolute Gasteiger partial charge is 0.484 e. The molecule has 19 heavy (non-hydrogen) atoms. The first-order valence-electron chi connectivity index (χ1n) is 6.45.